The number of carbonyl (C=O) groups excluding carboxylic acids is 3. The molecule has 0 aliphatic carbocycles. The van der Waals surface area contributed by atoms with Crippen molar-refractivity contribution in [3.8, 4) is 6.07 Å². The van der Waals surface area contributed by atoms with Crippen molar-refractivity contribution in [1.29, 1.82) is 5.26 Å². The second-order valence-corrected chi connectivity index (χ2v) is 10.4. The zero-order valence-electron chi connectivity index (χ0n) is 22.4. The summed E-state index contributed by atoms with van der Waals surface area (Å²) in [5, 5.41) is 20.2. The number of hydrogen-bond acceptors (Lipinski definition) is 7. The molecule has 1 aliphatic heterocycles. The van der Waals surface area contributed by atoms with E-state index in [9.17, 15) is 19.6 Å². The summed E-state index contributed by atoms with van der Waals surface area (Å²) in [7, 11) is 0. The normalized spacial score (nSPS) is 14.5. The minimum atomic E-state index is -0.664. The average molecular weight is 587 g/mol. The first-order chi connectivity index (χ1) is 19.8. The summed E-state index contributed by atoms with van der Waals surface area (Å²) in [4.78, 5) is 38.2. The Morgan fingerprint density at radius 2 is 1.61 bits per heavy atom. The van der Waals surface area contributed by atoms with Gasteiger partial charge >= 0.3 is 5.97 Å². The Bertz CT molecular complexity index is 1550. The van der Waals surface area contributed by atoms with Crippen LogP contribution in [0.5, 0.6) is 0 Å². The topological polar surface area (TPSA) is 120 Å². The summed E-state index contributed by atoms with van der Waals surface area (Å²) in [6.45, 7) is 3.76. The number of ether oxygens (including phenoxy) is 1. The van der Waals surface area contributed by atoms with Gasteiger partial charge < -0.3 is 20.7 Å². The fourth-order valence-electron chi connectivity index (χ4n) is 4.28. The monoisotopic (exact) mass is 586 g/mol. The van der Waals surface area contributed by atoms with Crippen molar-refractivity contribution in [1.82, 2.24) is 5.32 Å². The Morgan fingerprint density at radius 3 is 2.24 bits per heavy atom. The molecule has 3 aromatic carbocycles. The lowest BCUT2D eigenvalue weighted by Crippen LogP contribution is -2.31. The maximum atomic E-state index is 13.6. The number of hydrogen-bond donors (Lipinski definition) is 3. The highest BCUT2D eigenvalue weighted by atomic mass is 35.5. The van der Waals surface area contributed by atoms with Crippen LogP contribution < -0.4 is 16.0 Å². The van der Waals surface area contributed by atoms with Gasteiger partial charge in [-0.1, -0.05) is 53.7 Å². The zero-order valence-corrected chi connectivity index (χ0v) is 23.9. The van der Waals surface area contributed by atoms with Crippen LogP contribution in [-0.2, 0) is 14.3 Å². The van der Waals surface area contributed by atoms with Crippen molar-refractivity contribution in [3.63, 3.8) is 0 Å². The Balaban J connectivity index is 1.57. The molecule has 1 unspecified atom stereocenters. The van der Waals surface area contributed by atoms with Gasteiger partial charge in [-0.3, -0.25) is 9.59 Å². The lowest BCUT2D eigenvalue weighted by Gasteiger charge is -2.30. The van der Waals surface area contributed by atoms with E-state index in [1.807, 2.05) is 30.3 Å². The molecular weight excluding hydrogens is 560 g/mol. The van der Waals surface area contributed by atoms with Gasteiger partial charge in [-0.05, 0) is 67.9 Å². The van der Waals surface area contributed by atoms with Crippen LogP contribution in [0.4, 0.5) is 11.4 Å². The van der Waals surface area contributed by atoms with E-state index >= 15 is 0 Å². The number of halogens is 1. The van der Waals surface area contributed by atoms with Crippen LogP contribution in [0, 0.1) is 11.3 Å². The Hall–Kier alpha value is -4.52. The van der Waals surface area contributed by atoms with Gasteiger partial charge in [0.15, 0.2) is 0 Å². The Labute approximate surface area is 247 Å². The third kappa shape index (κ3) is 7.37. The van der Waals surface area contributed by atoms with E-state index in [1.54, 1.807) is 62.4 Å². The smallest absolute Gasteiger partial charge is 0.338 e. The first-order valence-electron chi connectivity index (χ1n) is 12.7. The summed E-state index contributed by atoms with van der Waals surface area (Å²) in [5.41, 5.74) is 3.48. The maximum absolute atomic E-state index is 13.6. The number of benzene rings is 3. The van der Waals surface area contributed by atoms with Crippen LogP contribution in [0.1, 0.15) is 35.7 Å². The first-order valence-corrected chi connectivity index (χ1v) is 14.1. The van der Waals surface area contributed by atoms with E-state index in [0.717, 1.165) is 5.56 Å². The third-order valence-corrected chi connectivity index (χ3v) is 7.42. The van der Waals surface area contributed by atoms with Crippen LogP contribution in [0.25, 0.3) is 0 Å². The largest absolute Gasteiger partial charge is 0.462 e. The molecule has 0 bridgehead atoms. The second-order valence-electron chi connectivity index (χ2n) is 8.96. The molecule has 4 rings (SSSR count). The van der Waals surface area contributed by atoms with Crippen molar-refractivity contribution < 1.29 is 19.1 Å². The van der Waals surface area contributed by atoms with E-state index in [2.05, 4.69) is 22.0 Å². The summed E-state index contributed by atoms with van der Waals surface area (Å²) in [6.07, 6.45) is 0. The molecular formula is C31H27ClN4O4S. The maximum Gasteiger partial charge on any atom is 0.338 e. The highest BCUT2D eigenvalue weighted by Crippen LogP contribution is 2.41. The minimum absolute atomic E-state index is 0.0409. The average Bonchev–Trinajstić information content (AvgIpc) is 2.97. The molecule has 3 aromatic rings. The van der Waals surface area contributed by atoms with Gasteiger partial charge in [0.25, 0.3) is 5.91 Å². The molecule has 0 aromatic heterocycles. The number of nitriles is 1. The van der Waals surface area contributed by atoms with Gasteiger partial charge in [-0.2, -0.15) is 5.26 Å². The van der Waals surface area contributed by atoms with Crippen molar-refractivity contribution in [2.75, 3.05) is 23.0 Å². The lowest BCUT2D eigenvalue weighted by atomic mass is 9.82. The van der Waals surface area contributed by atoms with Gasteiger partial charge in [0.1, 0.15) is 0 Å². The molecule has 208 valence electrons. The molecule has 1 heterocycles. The number of carbonyl (C=O) groups is 3. The van der Waals surface area contributed by atoms with Crippen molar-refractivity contribution in [2.24, 2.45) is 0 Å². The van der Waals surface area contributed by atoms with E-state index in [0.29, 0.717) is 43.8 Å². The number of allylic oxidation sites excluding steroid dienone is 2. The number of anilines is 2. The number of amides is 2. The third-order valence-electron chi connectivity index (χ3n) is 6.15. The molecule has 41 heavy (non-hydrogen) atoms. The molecule has 1 atom stereocenters. The SMILES string of the molecule is CCOC(=O)c1ccc(NC(=O)C2=C(C)NC(SCC(=O)Nc3ccc(Cl)cc3)=C(C#N)C2c2ccccc2)cc1. The molecule has 0 saturated heterocycles. The van der Waals surface area contributed by atoms with E-state index in [-0.39, 0.29) is 18.3 Å². The van der Waals surface area contributed by atoms with Crippen LogP contribution in [0.3, 0.4) is 0 Å². The van der Waals surface area contributed by atoms with Crippen molar-refractivity contribution in [2.45, 2.75) is 19.8 Å². The van der Waals surface area contributed by atoms with Crippen molar-refractivity contribution >= 4 is 52.5 Å². The second kappa shape index (κ2) is 13.7. The summed E-state index contributed by atoms with van der Waals surface area (Å²) >= 11 is 7.10. The Kier molecular flexibility index (Phi) is 9.85. The standard InChI is InChI=1S/C31H27ClN4O4S/c1-3-40-31(39)21-9-13-24(14-10-21)36-29(38)27-19(2)34-30(25(17-33)28(27)20-7-5-4-6-8-20)41-18-26(37)35-23-15-11-22(32)12-16-23/h4-16,28,34H,3,18H2,1-2H3,(H,35,37)(H,36,38). The van der Waals surface area contributed by atoms with Gasteiger partial charge in [0.05, 0.1) is 40.5 Å². The number of thioether (sulfide) groups is 1. The molecule has 1 aliphatic rings. The lowest BCUT2D eigenvalue weighted by molar-refractivity contribution is -0.114. The highest BCUT2D eigenvalue weighted by molar-refractivity contribution is 8.03. The van der Waals surface area contributed by atoms with Crippen LogP contribution in [0.2, 0.25) is 5.02 Å². The molecule has 0 radical (unpaired) electrons. The summed E-state index contributed by atoms with van der Waals surface area (Å²) in [5.74, 6) is -1.72. The number of dihydropyridines is 1. The van der Waals surface area contributed by atoms with E-state index in [4.69, 9.17) is 16.3 Å². The van der Waals surface area contributed by atoms with Gasteiger partial charge in [-0.25, -0.2) is 4.79 Å². The molecule has 0 fully saturated rings. The van der Waals surface area contributed by atoms with Gasteiger partial charge in [-0.15, -0.1) is 0 Å². The highest BCUT2D eigenvalue weighted by Gasteiger charge is 2.34. The molecule has 8 nitrogen and oxygen atoms in total. The van der Waals surface area contributed by atoms with Gasteiger partial charge in [0, 0.05) is 27.7 Å². The van der Waals surface area contributed by atoms with E-state index < -0.39 is 17.8 Å². The molecule has 0 saturated carbocycles. The van der Waals surface area contributed by atoms with Crippen molar-refractivity contribution in [3.05, 3.63) is 117 Å². The summed E-state index contributed by atoms with van der Waals surface area (Å²) in [6, 6.07) is 24.7. The number of esters is 1. The Morgan fingerprint density at radius 1 is 0.976 bits per heavy atom. The fraction of sp³-hybridized carbons (Fsp3) is 0.161. The molecule has 3 N–H and O–H groups in total. The molecule has 10 heteroatoms. The van der Waals surface area contributed by atoms with Crippen LogP contribution in [-0.4, -0.2) is 30.1 Å². The first kappa shape index (κ1) is 29.5. The summed E-state index contributed by atoms with van der Waals surface area (Å²) < 4.78 is 5.01. The van der Waals surface area contributed by atoms with Gasteiger partial charge in [0.2, 0.25) is 5.91 Å². The predicted molar refractivity (Wildman–Crippen MR) is 161 cm³/mol. The minimum Gasteiger partial charge on any atom is -0.462 e. The predicted octanol–water partition coefficient (Wildman–Crippen LogP) is 6.22. The van der Waals surface area contributed by atoms with E-state index in [1.165, 1.54) is 11.8 Å². The van der Waals surface area contributed by atoms with Crippen LogP contribution >= 0.6 is 23.4 Å². The number of nitrogens with one attached hydrogen (secondary N) is 3. The number of rotatable bonds is 9. The number of nitrogens with zero attached hydrogens (tertiary/aromatic N) is 1. The fourth-order valence-corrected chi connectivity index (χ4v) is 5.29. The quantitative estimate of drug-likeness (QED) is 0.254. The molecule has 2 amide bonds. The molecule has 0 spiro atoms. The van der Waals surface area contributed by atoms with Crippen LogP contribution in [0.15, 0.2) is 101 Å². The zero-order chi connectivity index (χ0) is 29.4.